The van der Waals surface area contributed by atoms with E-state index in [0.29, 0.717) is 11.2 Å². The Hall–Kier alpha value is -1.24. The maximum absolute atomic E-state index is 10.7. The van der Waals surface area contributed by atoms with Gasteiger partial charge in [0, 0.05) is 19.1 Å². The number of thioether (sulfide) groups is 1. The maximum atomic E-state index is 10.7. The van der Waals surface area contributed by atoms with E-state index in [-0.39, 0.29) is 5.75 Å². The van der Waals surface area contributed by atoms with Gasteiger partial charge < -0.3 is 10.0 Å². The number of nitrogens with zero attached hydrogens (tertiary/aromatic N) is 4. The van der Waals surface area contributed by atoms with E-state index in [0.717, 1.165) is 25.0 Å². The molecule has 0 unspecified atom stereocenters. The highest BCUT2D eigenvalue weighted by molar-refractivity contribution is 7.99. The molecule has 7 heteroatoms. The first-order chi connectivity index (χ1) is 9.69. The molecule has 1 heterocycles. The normalized spacial score (nSPS) is 18.2. The number of carboxylic acid groups (broad SMARTS) is 1. The summed E-state index contributed by atoms with van der Waals surface area (Å²) in [5.74, 6) is 0.950. The molecule has 0 saturated heterocycles. The molecule has 0 spiro atoms. The third-order valence-corrected chi connectivity index (χ3v) is 4.69. The molecule has 0 aromatic carbocycles. The van der Waals surface area contributed by atoms with Gasteiger partial charge in [-0.2, -0.15) is 0 Å². The van der Waals surface area contributed by atoms with Crippen molar-refractivity contribution in [1.29, 1.82) is 0 Å². The highest BCUT2D eigenvalue weighted by Crippen LogP contribution is 2.37. The topological polar surface area (TPSA) is 71.2 Å². The summed E-state index contributed by atoms with van der Waals surface area (Å²) >= 11 is 1.25. The van der Waals surface area contributed by atoms with Gasteiger partial charge in [-0.15, -0.1) is 10.2 Å². The van der Waals surface area contributed by atoms with Gasteiger partial charge in [-0.1, -0.05) is 11.8 Å². The van der Waals surface area contributed by atoms with Crippen molar-refractivity contribution >= 4 is 23.7 Å². The molecule has 2 fully saturated rings. The molecule has 1 aromatic heterocycles. The molecule has 6 nitrogen and oxygen atoms in total. The molecule has 0 aliphatic heterocycles. The lowest BCUT2D eigenvalue weighted by atomic mass is 10.3. The quantitative estimate of drug-likeness (QED) is 0.738. The largest absolute Gasteiger partial charge is 0.481 e. The van der Waals surface area contributed by atoms with E-state index in [2.05, 4.69) is 22.0 Å². The summed E-state index contributed by atoms with van der Waals surface area (Å²) in [6.07, 6.45) is 5.12. The van der Waals surface area contributed by atoms with Crippen LogP contribution in [0.5, 0.6) is 0 Å². The Kier molecular flexibility index (Phi) is 3.87. The van der Waals surface area contributed by atoms with Crippen LogP contribution in [0.15, 0.2) is 5.16 Å². The van der Waals surface area contributed by atoms with Crippen LogP contribution < -0.4 is 4.90 Å². The first-order valence-corrected chi connectivity index (χ1v) is 8.22. The zero-order chi connectivity index (χ0) is 14.1. The van der Waals surface area contributed by atoms with E-state index in [1.807, 2.05) is 4.57 Å². The van der Waals surface area contributed by atoms with Crippen LogP contribution in [0, 0.1) is 5.92 Å². The van der Waals surface area contributed by atoms with Crippen LogP contribution in [0.2, 0.25) is 0 Å². The van der Waals surface area contributed by atoms with Crippen molar-refractivity contribution in [3.8, 4) is 0 Å². The lowest BCUT2D eigenvalue weighted by molar-refractivity contribution is -0.133. The molecule has 1 aromatic rings. The second-order valence-electron chi connectivity index (χ2n) is 5.54. The second kappa shape index (κ2) is 5.63. The van der Waals surface area contributed by atoms with Crippen molar-refractivity contribution in [3.63, 3.8) is 0 Å². The van der Waals surface area contributed by atoms with Crippen molar-refractivity contribution in [2.45, 2.75) is 50.4 Å². The van der Waals surface area contributed by atoms with Gasteiger partial charge in [0.25, 0.3) is 0 Å². The molecule has 0 amide bonds. The molecule has 2 saturated carbocycles. The number of carbonyl (C=O) groups is 1. The molecule has 0 bridgehead atoms. The number of hydrogen-bond donors (Lipinski definition) is 1. The monoisotopic (exact) mass is 296 g/mol. The molecule has 110 valence electrons. The lowest BCUT2D eigenvalue weighted by Crippen LogP contribution is -2.31. The minimum atomic E-state index is -0.820. The van der Waals surface area contributed by atoms with E-state index in [1.54, 1.807) is 0 Å². The number of rotatable bonds is 8. The summed E-state index contributed by atoms with van der Waals surface area (Å²) in [6, 6.07) is 0.613. The first kappa shape index (κ1) is 13.7. The Labute approximate surface area is 122 Å². The summed E-state index contributed by atoms with van der Waals surface area (Å²) in [5, 5.41) is 18.0. The van der Waals surface area contributed by atoms with Crippen LogP contribution in [0.4, 0.5) is 5.95 Å². The minimum Gasteiger partial charge on any atom is -0.481 e. The number of aromatic nitrogens is 3. The van der Waals surface area contributed by atoms with Gasteiger partial charge in [-0.3, -0.25) is 9.36 Å². The molecule has 2 aliphatic carbocycles. The lowest BCUT2D eigenvalue weighted by Gasteiger charge is -2.23. The average Bonchev–Trinajstić information content (AvgIpc) is 3.31. The number of anilines is 1. The smallest absolute Gasteiger partial charge is 0.313 e. The van der Waals surface area contributed by atoms with E-state index in [4.69, 9.17) is 5.11 Å². The van der Waals surface area contributed by atoms with Crippen LogP contribution >= 0.6 is 11.8 Å². The molecular formula is C13H20N4O2S. The third kappa shape index (κ3) is 3.08. The summed E-state index contributed by atoms with van der Waals surface area (Å²) in [5.41, 5.74) is 0. The standard InChI is InChI=1S/C13H20N4O2S/c1-2-16-12(14-15-13(16)20-8-11(18)19)17(10-5-6-10)7-9-3-4-9/h9-10H,2-8H2,1H3,(H,18,19). The van der Waals surface area contributed by atoms with E-state index >= 15 is 0 Å². The third-order valence-electron chi connectivity index (χ3n) is 3.73. The van der Waals surface area contributed by atoms with E-state index in [9.17, 15) is 4.79 Å². The zero-order valence-corrected chi connectivity index (χ0v) is 12.5. The first-order valence-electron chi connectivity index (χ1n) is 7.23. The van der Waals surface area contributed by atoms with Gasteiger partial charge in [0.15, 0.2) is 5.16 Å². The summed E-state index contributed by atoms with van der Waals surface area (Å²) < 4.78 is 2.05. The highest BCUT2D eigenvalue weighted by atomic mass is 32.2. The van der Waals surface area contributed by atoms with Crippen LogP contribution in [0.1, 0.15) is 32.6 Å². The Bertz CT molecular complexity index is 497. The van der Waals surface area contributed by atoms with Gasteiger partial charge in [-0.05, 0) is 38.5 Å². The number of hydrogen-bond acceptors (Lipinski definition) is 5. The molecule has 20 heavy (non-hydrogen) atoms. The highest BCUT2D eigenvalue weighted by Gasteiger charge is 2.36. The molecule has 2 aliphatic rings. The summed E-state index contributed by atoms with van der Waals surface area (Å²) in [4.78, 5) is 13.1. The summed E-state index contributed by atoms with van der Waals surface area (Å²) in [7, 11) is 0. The van der Waals surface area contributed by atoms with Crippen LogP contribution in [-0.4, -0.2) is 44.2 Å². The number of carboxylic acids is 1. The van der Waals surface area contributed by atoms with Gasteiger partial charge in [-0.25, -0.2) is 0 Å². The molecule has 0 atom stereocenters. The maximum Gasteiger partial charge on any atom is 0.313 e. The second-order valence-corrected chi connectivity index (χ2v) is 6.48. The average molecular weight is 296 g/mol. The van der Waals surface area contributed by atoms with Crippen molar-refractivity contribution in [1.82, 2.24) is 14.8 Å². The Morgan fingerprint density at radius 2 is 2.15 bits per heavy atom. The van der Waals surface area contributed by atoms with Crippen LogP contribution in [-0.2, 0) is 11.3 Å². The zero-order valence-electron chi connectivity index (χ0n) is 11.7. The minimum absolute atomic E-state index is 0.0319. The molecule has 0 radical (unpaired) electrons. The van der Waals surface area contributed by atoms with E-state index < -0.39 is 5.97 Å². The van der Waals surface area contributed by atoms with Gasteiger partial charge in [0.2, 0.25) is 5.95 Å². The van der Waals surface area contributed by atoms with E-state index in [1.165, 1.54) is 37.4 Å². The van der Waals surface area contributed by atoms with Crippen molar-refractivity contribution < 1.29 is 9.90 Å². The Morgan fingerprint density at radius 3 is 2.70 bits per heavy atom. The predicted octanol–water partition coefficient (Wildman–Crippen LogP) is 1.85. The molecule has 1 N–H and O–H groups in total. The SMILES string of the molecule is CCn1c(SCC(=O)O)nnc1N(CC1CC1)C1CC1. The molecule has 3 rings (SSSR count). The number of aliphatic carboxylic acids is 1. The predicted molar refractivity (Wildman–Crippen MR) is 77.1 cm³/mol. The van der Waals surface area contributed by atoms with Gasteiger partial charge in [0.1, 0.15) is 0 Å². The van der Waals surface area contributed by atoms with Crippen LogP contribution in [0.3, 0.4) is 0 Å². The Balaban J connectivity index is 1.77. The fraction of sp³-hybridized carbons (Fsp3) is 0.769. The van der Waals surface area contributed by atoms with Crippen molar-refractivity contribution in [3.05, 3.63) is 0 Å². The van der Waals surface area contributed by atoms with Gasteiger partial charge in [0.05, 0.1) is 5.75 Å². The van der Waals surface area contributed by atoms with Gasteiger partial charge >= 0.3 is 5.97 Å². The van der Waals surface area contributed by atoms with Crippen molar-refractivity contribution in [2.75, 3.05) is 17.2 Å². The summed E-state index contributed by atoms with van der Waals surface area (Å²) in [6.45, 7) is 3.91. The van der Waals surface area contributed by atoms with Crippen LogP contribution in [0.25, 0.3) is 0 Å². The fourth-order valence-corrected chi connectivity index (χ4v) is 3.08. The van der Waals surface area contributed by atoms with Crippen molar-refractivity contribution in [2.24, 2.45) is 5.92 Å². The molecular weight excluding hydrogens is 276 g/mol. The Morgan fingerprint density at radius 1 is 1.40 bits per heavy atom. The fourth-order valence-electron chi connectivity index (χ4n) is 2.36.